The summed E-state index contributed by atoms with van der Waals surface area (Å²) in [4.78, 5) is 43.5. The Balaban J connectivity index is 1.59. The fourth-order valence-electron chi connectivity index (χ4n) is 4.07. The van der Waals surface area contributed by atoms with Crippen LogP contribution in [0.3, 0.4) is 0 Å². The first-order valence-electron chi connectivity index (χ1n) is 9.67. The average Bonchev–Trinajstić information content (AvgIpc) is 3.48. The number of rotatable bonds is 5. The molecule has 0 spiro atoms. The third kappa shape index (κ3) is 2.91. The van der Waals surface area contributed by atoms with Gasteiger partial charge in [0.05, 0.1) is 11.2 Å². The van der Waals surface area contributed by atoms with Gasteiger partial charge in [0, 0.05) is 11.1 Å². The van der Waals surface area contributed by atoms with E-state index < -0.39 is 17.5 Å². The molecule has 7 nitrogen and oxygen atoms in total. The Kier molecular flexibility index (Phi) is 4.33. The smallest absolute Gasteiger partial charge is 0.324 e. The molecule has 146 valence electrons. The number of carbonyl (C=O) groups is 3. The van der Waals surface area contributed by atoms with Crippen molar-refractivity contribution in [2.24, 2.45) is 5.92 Å². The van der Waals surface area contributed by atoms with Crippen LogP contribution in [-0.4, -0.2) is 39.8 Å². The van der Waals surface area contributed by atoms with Crippen molar-refractivity contribution in [2.75, 3.05) is 11.9 Å². The van der Waals surface area contributed by atoms with Gasteiger partial charge in [0.1, 0.15) is 12.1 Å². The molecule has 0 bridgehead atoms. The predicted octanol–water partition coefficient (Wildman–Crippen LogP) is 2.76. The molecule has 2 N–H and O–H groups in total. The van der Waals surface area contributed by atoms with Crippen molar-refractivity contribution in [3.63, 3.8) is 0 Å². The van der Waals surface area contributed by atoms with E-state index in [-0.39, 0.29) is 18.4 Å². The van der Waals surface area contributed by atoms with Crippen molar-refractivity contribution in [1.82, 2.24) is 15.2 Å². The second-order valence-corrected chi connectivity index (χ2v) is 7.77. The van der Waals surface area contributed by atoms with Crippen molar-refractivity contribution < 1.29 is 14.4 Å². The molecule has 0 radical (unpaired) electrons. The Bertz CT molecular complexity index is 999. The third-order valence-corrected chi connectivity index (χ3v) is 5.81. The fourth-order valence-corrected chi connectivity index (χ4v) is 4.07. The zero-order chi connectivity index (χ0) is 20.1. The Morgan fingerprint density at radius 2 is 2.04 bits per heavy atom. The van der Waals surface area contributed by atoms with Gasteiger partial charge in [-0.2, -0.15) is 0 Å². The van der Waals surface area contributed by atoms with Crippen LogP contribution in [0.1, 0.15) is 37.9 Å². The number of amides is 4. The van der Waals surface area contributed by atoms with Gasteiger partial charge in [-0.25, -0.2) is 4.79 Å². The molecular formula is C21H24N4O3. The van der Waals surface area contributed by atoms with Crippen LogP contribution >= 0.6 is 0 Å². The van der Waals surface area contributed by atoms with Crippen LogP contribution in [0.5, 0.6) is 0 Å². The number of anilines is 1. The SMILES string of the molecule is CCc1c(C)nc2ccccc2c1NC(=O)CN1C(=O)NC(C)(C2CC2)C1=O. The molecule has 1 saturated heterocycles. The Labute approximate surface area is 163 Å². The maximum Gasteiger partial charge on any atom is 0.325 e. The maximum atomic E-state index is 12.8. The number of aryl methyl sites for hydroxylation is 1. The van der Waals surface area contributed by atoms with Gasteiger partial charge in [0.25, 0.3) is 5.91 Å². The van der Waals surface area contributed by atoms with Crippen molar-refractivity contribution in [2.45, 2.75) is 45.6 Å². The zero-order valence-corrected chi connectivity index (χ0v) is 16.3. The number of para-hydroxylation sites is 1. The van der Waals surface area contributed by atoms with E-state index in [1.165, 1.54) is 0 Å². The number of aromatic nitrogens is 1. The van der Waals surface area contributed by atoms with Gasteiger partial charge in [0.15, 0.2) is 0 Å². The van der Waals surface area contributed by atoms with Crippen LogP contribution in [0.15, 0.2) is 24.3 Å². The summed E-state index contributed by atoms with van der Waals surface area (Å²) < 4.78 is 0. The predicted molar refractivity (Wildman–Crippen MR) is 106 cm³/mol. The molecule has 1 aromatic carbocycles. The van der Waals surface area contributed by atoms with Gasteiger partial charge >= 0.3 is 6.03 Å². The van der Waals surface area contributed by atoms with Crippen molar-refractivity contribution >= 4 is 34.4 Å². The Morgan fingerprint density at radius 1 is 1.32 bits per heavy atom. The van der Waals surface area contributed by atoms with E-state index in [1.807, 2.05) is 38.1 Å². The summed E-state index contributed by atoms with van der Waals surface area (Å²) in [5, 5.41) is 6.55. The van der Waals surface area contributed by atoms with Crippen LogP contribution in [0.4, 0.5) is 10.5 Å². The molecule has 4 rings (SSSR count). The van der Waals surface area contributed by atoms with Gasteiger partial charge < -0.3 is 10.6 Å². The average molecular weight is 380 g/mol. The van der Waals surface area contributed by atoms with Crippen LogP contribution in [-0.2, 0) is 16.0 Å². The molecule has 2 aliphatic rings. The van der Waals surface area contributed by atoms with Gasteiger partial charge in [-0.05, 0) is 50.7 Å². The van der Waals surface area contributed by atoms with E-state index in [2.05, 4.69) is 15.6 Å². The highest BCUT2D eigenvalue weighted by molar-refractivity contribution is 6.11. The molecule has 1 saturated carbocycles. The summed E-state index contributed by atoms with van der Waals surface area (Å²) in [6.45, 7) is 5.37. The number of benzene rings is 1. The van der Waals surface area contributed by atoms with Crippen molar-refractivity contribution in [1.29, 1.82) is 0 Å². The van der Waals surface area contributed by atoms with Gasteiger partial charge in [-0.15, -0.1) is 0 Å². The van der Waals surface area contributed by atoms with E-state index >= 15 is 0 Å². The first-order valence-corrected chi connectivity index (χ1v) is 9.67. The fraction of sp³-hybridized carbons (Fsp3) is 0.429. The monoisotopic (exact) mass is 380 g/mol. The Morgan fingerprint density at radius 3 is 2.71 bits per heavy atom. The lowest BCUT2D eigenvalue weighted by molar-refractivity contribution is -0.134. The highest BCUT2D eigenvalue weighted by atomic mass is 16.2. The standard InChI is InChI=1S/C21H24N4O3/c1-4-14-12(2)22-16-8-6-5-7-15(16)18(14)23-17(26)11-25-19(27)21(3,13-9-10-13)24-20(25)28/h5-8,13H,4,9-11H2,1-3H3,(H,24,28)(H,22,23,26). The highest BCUT2D eigenvalue weighted by Crippen LogP contribution is 2.42. The molecule has 28 heavy (non-hydrogen) atoms. The van der Waals surface area contributed by atoms with Crippen LogP contribution in [0.2, 0.25) is 0 Å². The van der Waals surface area contributed by atoms with E-state index in [0.717, 1.165) is 39.9 Å². The molecule has 4 amide bonds. The van der Waals surface area contributed by atoms with E-state index in [9.17, 15) is 14.4 Å². The molecule has 2 fully saturated rings. The molecule has 1 aliphatic heterocycles. The molecule has 1 unspecified atom stereocenters. The first kappa shape index (κ1) is 18.4. The van der Waals surface area contributed by atoms with Crippen LogP contribution in [0.25, 0.3) is 10.9 Å². The second-order valence-electron chi connectivity index (χ2n) is 7.77. The lowest BCUT2D eigenvalue weighted by atomic mass is 9.96. The largest absolute Gasteiger partial charge is 0.325 e. The minimum atomic E-state index is -0.883. The van der Waals surface area contributed by atoms with E-state index in [0.29, 0.717) is 12.1 Å². The maximum absolute atomic E-state index is 12.8. The summed E-state index contributed by atoms with van der Waals surface area (Å²) in [5.41, 5.74) is 2.42. The van der Waals surface area contributed by atoms with Gasteiger partial charge in [-0.3, -0.25) is 19.5 Å². The van der Waals surface area contributed by atoms with Gasteiger partial charge in [0.2, 0.25) is 5.91 Å². The quantitative estimate of drug-likeness (QED) is 0.781. The first-order chi connectivity index (χ1) is 13.3. The minimum Gasteiger partial charge on any atom is -0.324 e. The number of fused-ring (bicyclic) bond motifs is 1. The molecule has 1 aromatic heterocycles. The summed E-state index contributed by atoms with van der Waals surface area (Å²) >= 11 is 0. The van der Waals surface area contributed by atoms with Crippen LogP contribution < -0.4 is 10.6 Å². The van der Waals surface area contributed by atoms with Crippen molar-refractivity contribution in [3.05, 3.63) is 35.5 Å². The molecule has 1 aliphatic carbocycles. The zero-order valence-electron chi connectivity index (χ0n) is 16.3. The number of nitrogens with zero attached hydrogens (tertiary/aromatic N) is 2. The topological polar surface area (TPSA) is 91.4 Å². The molecule has 2 aromatic rings. The molecular weight excluding hydrogens is 356 g/mol. The minimum absolute atomic E-state index is 0.162. The second kappa shape index (κ2) is 6.58. The number of carbonyl (C=O) groups excluding carboxylic acids is 3. The molecule has 7 heteroatoms. The lowest BCUT2D eigenvalue weighted by Crippen LogP contribution is -2.46. The summed E-state index contributed by atoms with van der Waals surface area (Å²) in [6.07, 6.45) is 2.55. The van der Waals surface area contributed by atoms with Crippen LogP contribution in [0, 0.1) is 12.8 Å². The number of nitrogens with one attached hydrogen (secondary N) is 2. The number of hydrogen-bond donors (Lipinski definition) is 2. The molecule has 1 atom stereocenters. The summed E-state index contributed by atoms with van der Waals surface area (Å²) in [5.74, 6) is -0.550. The summed E-state index contributed by atoms with van der Waals surface area (Å²) in [6, 6.07) is 7.11. The number of imide groups is 1. The van der Waals surface area contributed by atoms with Gasteiger partial charge in [-0.1, -0.05) is 25.1 Å². The molecule has 2 heterocycles. The summed E-state index contributed by atoms with van der Waals surface area (Å²) in [7, 11) is 0. The lowest BCUT2D eigenvalue weighted by Gasteiger charge is -2.21. The normalized spacial score (nSPS) is 21.9. The third-order valence-electron chi connectivity index (χ3n) is 5.81. The number of urea groups is 1. The van der Waals surface area contributed by atoms with E-state index in [1.54, 1.807) is 6.92 Å². The van der Waals surface area contributed by atoms with E-state index in [4.69, 9.17) is 0 Å². The number of hydrogen-bond acceptors (Lipinski definition) is 4. The Hall–Kier alpha value is -2.96. The van der Waals surface area contributed by atoms with Crippen molar-refractivity contribution in [3.8, 4) is 0 Å². The highest BCUT2D eigenvalue weighted by Gasteiger charge is 2.56. The number of pyridine rings is 1.